The third kappa shape index (κ3) is 5.82. The number of ether oxygens (including phenoxy) is 2. The molecule has 1 amide bonds. The number of methoxy groups -OCH3 is 1. The third-order valence-electron chi connectivity index (χ3n) is 4.15. The van der Waals surface area contributed by atoms with Crippen LogP contribution in [0.1, 0.15) is 42.5 Å². The summed E-state index contributed by atoms with van der Waals surface area (Å²) in [5.74, 6) is 1.63. The summed E-state index contributed by atoms with van der Waals surface area (Å²) in [5.41, 5.74) is 3.60. The van der Waals surface area contributed by atoms with Gasteiger partial charge in [-0.15, -0.1) is 0 Å². The van der Waals surface area contributed by atoms with Crippen LogP contribution in [0, 0.1) is 13.8 Å². The molecule has 0 fully saturated rings. The van der Waals surface area contributed by atoms with Crippen LogP contribution in [0.25, 0.3) is 0 Å². The zero-order chi connectivity index (χ0) is 18.2. The summed E-state index contributed by atoms with van der Waals surface area (Å²) in [6, 6.07) is 13.7. The minimum atomic E-state index is 0.00982. The molecule has 2 aromatic rings. The summed E-state index contributed by atoms with van der Waals surface area (Å²) >= 11 is 0. The van der Waals surface area contributed by atoms with Crippen LogP contribution in [0.2, 0.25) is 0 Å². The van der Waals surface area contributed by atoms with Gasteiger partial charge in [-0.2, -0.15) is 0 Å². The van der Waals surface area contributed by atoms with Crippen LogP contribution in [-0.4, -0.2) is 19.6 Å². The highest BCUT2D eigenvalue weighted by Crippen LogP contribution is 2.19. The Bertz CT molecular complexity index is 695. The third-order valence-corrected chi connectivity index (χ3v) is 4.15. The van der Waals surface area contributed by atoms with Crippen LogP contribution >= 0.6 is 0 Å². The van der Waals surface area contributed by atoms with Gasteiger partial charge in [0.05, 0.1) is 19.8 Å². The Labute approximate surface area is 150 Å². The monoisotopic (exact) mass is 341 g/mol. The molecule has 0 radical (unpaired) electrons. The number of hydrogen-bond acceptors (Lipinski definition) is 3. The minimum Gasteiger partial charge on any atom is -0.497 e. The zero-order valence-corrected chi connectivity index (χ0v) is 15.5. The molecule has 134 valence electrons. The summed E-state index contributed by atoms with van der Waals surface area (Å²) < 4.78 is 10.7. The Morgan fingerprint density at radius 1 is 1.08 bits per heavy atom. The number of amides is 1. The van der Waals surface area contributed by atoms with Gasteiger partial charge in [-0.05, 0) is 62.6 Å². The topological polar surface area (TPSA) is 47.6 Å². The number of hydrogen-bond donors (Lipinski definition) is 1. The number of rotatable bonds is 8. The predicted octanol–water partition coefficient (Wildman–Crippen LogP) is 4.35. The Morgan fingerprint density at radius 2 is 1.76 bits per heavy atom. The Morgan fingerprint density at radius 3 is 2.40 bits per heavy atom. The largest absolute Gasteiger partial charge is 0.497 e. The van der Waals surface area contributed by atoms with Gasteiger partial charge < -0.3 is 14.8 Å². The molecule has 0 aromatic heterocycles. The van der Waals surface area contributed by atoms with E-state index in [4.69, 9.17) is 9.47 Å². The molecular formula is C21H27NO3. The molecule has 0 saturated carbocycles. The first-order valence-electron chi connectivity index (χ1n) is 8.63. The molecule has 0 unspecified atom stereocenters. The Hall–Kier alpha value is -2.49. The molecule has 1 N–H and O–H groups in total. The van der Waals surface area contributed by atoms with Crippen LogP contribution in [0.15, 0.2) is 42.5 Å². The number of carbonyl (C=O) groups is 1. The molecule has 2 rings (SSSR count). The van der Waals surface area contributed by atoms with E-state index in [1.165, 1.54) is 11.1 Å². The van der Waals surface area contributed by atoms with Gasteiger partial charge in [0.15, 0.2) is 0 Å². The number of aryl methyl sites for hydroxylation is 2. The van der Waals surface area contributed by atoms with Crippen molar-refractivity contribution in [1.29, 1.82) is 0 Å². The van der Waals surface area contributed by atoms with Gasteiger partial charge in [0.1, 0.15) is 11.5 Å². The average molecular weight is 341 g/mol. The van der Waals surface area contributed by atoms with E-state index in [2.05, 4.69) is 37.4 Å². The fraction of sp³-hybridized carbons (Fsp3) is 0.381. The highest BCUT2D eigenvalue weighted by atomic mass is 16.5. The van der Waals surface area contributed by atoms with Crippen molar-refractivity contribution in [3.8, 4) is 11.5 Å². The van der Waals surface area contributed by atoms with Crippen molar-refractivity contribution >= 4 is 5.91 Å². The zero-order valence-electron chi connectivity index (χ0n) is 15.5. The summed E-state index contributed by atoms with van der Waals surface area (Å²) in [6.07, 6.45) is 1.13. The lowest BCUT2D eigenvalue weighted by atomic mass is 10.0. The highest BCUT2D eigenvalue weighted by Gasteiger charge is 2.11. The van der Waals surface area contributed by atoms with E-state index in [0.29, 0.717) is 19.4 Å². The maximum absolute atomic E-state index is 12.1. The van der Waals surface area contributed by atoms with Gasteiger partial charge in [-0.3, -0.25) is 4.79 Å². The molecule has 2 aromatic carbocycles. The van der Waals surface area contributed by atoms with E-state index >= 15 is 0 Å². The van der Waals surface area contributed by atoms with Crippen molar-refractivity contribution in [2.45, 2.75) is 39.7 Å². The second kappa shape index (κ2) is 9.11. The van der Waals surface area contributed by atoms with E-state index < -0.39 is 0 Å². The molecule has 4 heteroatoms. The normalized spacial score (nSPS) is 11.7. The first-order valence-corrected chi connectivity index (χ1v) is 8.63. The van der Waals surface area contributed by atoms with Gasteiger partial charge in [0.2, 0.25) is 5.91 Å². The van der Waals surface area contributed by atoms with Crippen LogP contribution < -0.4 is 14.8 Å². The van der Waals surface area contributed by atoms with Crippen LogP contribution in [-0.2, 0) is 4.79 Å². The van der Waals surface area contributed by atoms with E-state index in [1.54, 1.807) is 7.11 Å². The fourth-order valence-electron chi connectivity index (χ4n) is 2.80. The van der Waals surface area contributed by atoms with Gasteiger partial charge in [0, 0.05) is 6.42 Å². The molecule has 0 spiro atoms. The van der Waals surface area contributed by atoms with Gasteiger partial charge in [-0.1, -0.05) is 23.8 Å². The van der Waals surface area contributed by atoms with Crippen molar-refractivity contribution in [3.63, 3.8) is 0 Å². The minimum absolute atomic E-state index is 0.00982. The first kappa shape index (κ1) is 18.8. The summed E-state index contributed by atoms with van der Waals surface area (Å²) in [4.78, 5) is 12.1. The molecule has 1 atom stereocenters. The standard InChI is InChI=1S/C21H27NO3/c1-15-7-12-20(16(2)14-15)17(3)22-21(23)6-5-13-25-19-10-8-18(24-4)9-11-19/h7-12,14,17H,5-6,13H2,1-4H3,(H,22,23)/t17-/m1/s1. The van der Waals surface area contributed by atoms with Crippen LogP contribution in [0.3, 0.4) is 0 Å². The van der Waals surface area contributed by atoms with Crippen molar-refractivity contribution in [2.24, 2.45) is 0 Å². The molecular weight excluding hydrogens is 314 g/mol. The number of benzene rings is 2. The van der Waals surface area contributed by atoms with Gasteiger partial charge in [-0.25, -0.2) is 0 Å². The van der Waals surface area contributed by atoms with Gasteiger partial charge in [0.25, 0.3) is 0 Å². The Balaban J connectivity index is 1.72. The Kier molecular flexibility index (Phi) is 6.87. The molecule has 0 bridgehead atoms. The summed E-state index contributed by atoms with van der Waals surface area (Å²) in [6.45, 7) is 6.68. The lowest BCUT2D eigenvalue weighted by Crippen LogP contribution is -2.27. The van der Waals surface area contributed by atoms with Crippen LogP contribution in [0.4, 0.5) is 0 Å². The molecule has 0 aliphatic heterocycles. The molecule has 0 aliphatic carbocycles. The maximum atomic E-state index is 12.1. The fourth-order valence-corrected chi connectivity index (χ4v) is 2.80. The van der Waals surface area contributed by atoms with E-state index in [9.17, 15) is 4.79 Å². The lowest BCUT2D eigenvalue weighted by molar-refractivity contribution is -0.121. The quantitative estimate of drug-likeness (QED) is 0.726. The van der Waals surface area contributed by atoms with E-state index in [0.717, 1.165) is 17.1 Å². The van der Waals surface area contributed by atoms with E-state index in [1.807, 2.05) is 31.2 Å². The van der Waals surface area contributed by atoms with Crippen molar-refractivity contribution in [3.05, 3.63) is 59.2 Å². The van der Waals surface area contributed by atoms with Crippen molar-refractivity contribution in [2.75, 3.05) is 13.7 Å². The maximum Gasteiger partial charge on any atom is 0.220 e. The van der Waals surface area contributed by atoms with Crippen LogP contribution in [0.5, 0.6) is 11.5 Å². The second-order valence-electron chi connectivity index (χ2n) is 6.28. The molecule has 0 heterocycles. The number of nitrogens with one attached hydrogen (secondary N) is 1. The molecule has 0 aliphatic rings. The number of carbonyl (C=O) groups excluding carboxylic acids is 1. The molecule has 0 saturated heterocycles. The summed E-state index contributed by atoms with van der Waals surface area (Å²) in [5, 5.41) is 3.06. The average Bonchev–Trinajstić information content (AvgIpc) is 2.59. The SMILES string of the molecule is COc1ccc(OCCCC(=O)N[C@H](C)c2ccc(C)cc2C)cc1. The second-order valence-corrected chi connectivity index (χ2v) is 6.28. The molecule has 25 heavy (non-hydrogen) atoms. The lowest BCUT2D eigenvalue weighted by Gasteiger charge is -2.17. The van der Waals surface area contributed by atoms with Crippen molar-refractivity contribution < 1.29 is 14.3 Å². The highest BCUT2D eigenvalue weighted by molar-refractivity contribution is 5.76. The predicted molar refractivity (Wildman–Crippen MR) is 100 cm³/mol. The smallest absolute Gasteiger partial charge is 0.220 e. The first-order chi connectivity index (χ1) is 12.0. The van der Waals surface area contributed by atoms with Crippen molar-refractivity contribution in [1.82, 2.24) is 5.32 Å². The summed E-state index contributed by atoms with van der Waals surface area (Å²) in [7, 11) is 1.63. The molecule has 4 nitrogen and oxygen atoms in total. The van der Waals surface area contributed by atoms with E-state index in [-0.39, 0.29) is 11.9 Å². The van der Waals surface area contributed by atoms with Gasteiger partial charge >= 0.3 is 0 Å².